The van der Waals surface area contributed by atoms with Crippen LogP contribution in [0.15, 0.2) is 45.7 Å². The third-order valence-corrected chi connectivity index (χ3v) is 4.95. The minimum absolute atomic E-state index is 0.128. The number of nitrogens with zero attached hydrogens (tertiary/aromatic N) is 1. The van der Waals surface area contributed by atoms with E-state index in [0.717, 1.165) is 12.1 Å². The molecule has 118 valence electrons. The second-order valence-electron chi connectivity index (χ2n) is 4.90. The molecule has 0 saturated heterocycles. The Labute approximate surface area is 141 Å². The number of rotatable bonds is 5. The number of nitrogens with one attached hydrogen (secondary N) is 2. The van der Waals surface area contributed by atoms with Crippen molar-refractivity contribution in [2.75, 3.05) is 11.1 Å². The van der Waals surface area contributed by atoms with Crippen molar-refractivity contribution in [2.24, 2.45) is 0 Å². The van der Waals surface area contributed by atoms with Crippen LogP contribution in [0.2, 0.25) is 0 Å². The molecular weight excluding hydrogens is 330 g/mol. The number of thiophene rings is 1. The van der Waals surface area contributed by atoms with Crippen LogP contribution in [-0.4, -0.2) is 21.6 Å². The number of amides is 1. The Morgan fingerprint density at radius 1 is 1.39 bits per heavy atom. The highest BCUT2D eigenvalue weighted by molar-refractivity contribution is 7.99. The number of carbonyl (C=O) groups is 1. The fraction of sp³-hybridized carbons (Fsp3) is 0.188. The van der Waals surface area contributed by atoms with E-state index in [1.807, 2.05) is 29.6 Å². The second-order valence-corrected chi connectivity index (χ2v) is 6.76. The zero-order valence-corrected chi connectivity index (χ0v) is 14.1. The molecule has 1 amide bonds. The number of benzene rings is 1. The SMILES string of the molecule is CCc1cccc(NC(=O)CSc2nc3sccc3c(=O)[nH]2)c1. The minimum atomic E-state index is -0.171. The first-order valence-electron chi connectivity index (χ1n) is 7.15. The van der Waals surface area contributed by atoms with Gasteiger partial charge in [0.05, 0.1) is 11.1 Å². The predicted molar refractivity (Wildman–Crippen MR) is 95.4 cm³/mol. The van der Waals surface area contributed by atoms with Gasteiger partial charge >= 0.3 is 0 Å². The van der Waals surface area contributed by atoms with Crippen molar-refractivity contribution in [1.82, 2.24) is 9.97 Å². The van der Waals surface area contributed by atoms with Gasteiger partial charge in [0, 0.05) is 5.69 Å². The summed E-state index contributed by atoms with van der Waals surface area (Å²) < 4.78 is 0. The summed E-state index contributed by atoms with van der Waals surface area (Å²) in [6.45, 7) is 2.07. The normalized spacial score (nSPS) is 10.8. The zero-order chi connectivity index (χ0) is 16.2. The number of hydrogen-bond donors (Lipinski definition) is 2. The third kappa shape index (κ3) is 3.80. The zero-order valence-electron chi connectivity index (χ0n) is 12.5. The summed E-state index contributed by atoms with van der Waals surface area (Å²) in [5.41, 5.74) is 1.78. The molecule has 0 aliphatic rings. The first-order valence-corrected chi connectivity index (χ1v) is 9.01. The van der Waals surface area contributed by atoms with Crippen molar-refractivity contribution in [2.45, 2.75) is 18.5 Å². The number of aromatic nitrogens is 2. The summed E-state index contributed by atoms with van der Waals surface area (Å²) in [7, 11) is 0. The fourth-order valence-electron chi connectivity index (χ4n) is 2.11. The van der Waals surface area contributed by atoms with E-state index in [1.165, 1.54) is 28.7 Å². The molecule has 0 unspecified atom stereocenters. The largest absolute Gasteiger partial charge is 0.325 e. The predicted octanol–water partition coefficient (Wildman–Crippen LogP) is 3.28. The van der Waals surface area contributed by atoms with Gasteiger partial charge in [-0.15, -0.1) is 11.3 Å². The van der Waals surface area contributed by atoms with Gasteiger partial charge in [-0.05, 0) is 35.6 Å². The van der Waals surface area contributed by atoms with Crippen molar-refractivity contribution in [3.05, 3.63) is 51.6 Å². The van der Waals surface area contributed by atoms with E-state index in [4.69, 9.17) is 0 Å². The maximum absolute atomic E-state index is 12.0. The number of hydrogen-bond acceptors (Lipinski definition) is 5. The Balaban J connectivity index is 1.64. The van der Waals surface area contributed by atoms with Crippen molar-refractivity contribution in [3.63, 3.8) is 0 Å². The van der Waals surface area contributed by atoms with Crippen LogP contribution >= 0.6 is 23.1 Å². The fourth-order valence-corrected chi connectivity index (χ4v) is 3.60. The molecule has 3 rings (SSSR count). The molecule has 0 bridgehead atoms. The van der Waals surface area contributed by atoms with Gasteiger partial charge in [-0.3, -0.25) is 9.59 Å². The summed E-state index contributed by atoms with van der Waals surface area (Å²) in [5, 5.41) is 5.73. The average Bonchev–Trinajstić information content (AvgIpc) is 3.02. The second kappa shape index (κ2) is 6.97. The Morgan fingerprint density at radius 2 is 2.26 bits per heavy atom. The molecule has 1 aromatic carbocycles. The molecule has 0 spiro atoms. The van der Waals surface area contributed by atoms with Crippen LogP contribution in [0.3, 0.4) is 0 Å². The van der Waals surface area contributed by atoms with Crippen molar-refractivity contribution in [3.8, 4) is 0 Å². The van der Waals surface area contributed by atoms with Crippen LogP contribution < -0.4 is 10.9 Å². The number of H-pyrrole nitrogens is 1. The quantitative estimate of drug-likeness (QED) is 0.550. The highest BCUT2D eigenvalue weighted by atomic mass is 32.2. The molecule has 0 radical (unpaired) electrons. The van der Waals surface area contributed by atoms with Crippen LogP contribution in [0.4, 0.5) is 5.69 Å². The molecular formula is C16H15N3O2S2. The number of carbonyl (C=O) groups excluding carboxylic acids is 1. The molecule has 0 fully saturated rings. The molecule has 0 saturated carbocycles. The average molecular weight is 345 g/mol. The highest BCUT2D eigenvalue weighted by Crippen LogP contribution is 2.19. The number of fused-ring (bicyclic) bond motifs is 1. The van der Waals surface area contributed by atoms with Crippen molar-refractivity contribution in [1.29, 1.82) is 0 Å². The van der Waals surface area contributed by atoms with Crippen LogP contribution in [0.1, 0.15) is 12.5 Å². The van der Waals surface area contributed by atoms with Gasteiger partial charge in [0.25, 0.3) is 5.56 Å². The standard InChI is InChI=1S/C16H15N3O2S2/c1-2-10-4-3-5-11(8-10)17-13(20)9-23-16-18-14(21)12-6-7-22-15(12)19-16/h3-8H,2,9H2,1H3,(H,17,20)(H,18,19,21). The molecule has 5 nitrogen and oxygen atoms in total. The van der Waals surface area contributed by atoms with Gasteiger partial charge in [-0.2, -0.15) is 0 Å². The number of aryl methyl sites for hydroxylation is 1. The van der Waals surface area contributed by atoms with Crippen LogP contribution in [-0.2, 0) is 11.2 Å². The van der Waals surface area contributed by atoms with E-state index in [-0.39, 0.29) is 17.2 Å². The molecule has 0 aliphatic heterocycles. The summed E-state index contributed by atoms with van der Waals surface area (Å²) in [6.07, 6.45) is 0.921. The molecule has 2 heterocycles. The molecule has 7 heteroatoms. The number of aromatic amines is 1. The summed E-state index contributed by atoms with van der Waals surface area (Å²) in [4.78, 5) is 31.6. The monoisotopic (exact) mass is 345 g/mol. The van der Waals surface area contributed by atoms with Gasteiger partial charge in [0.15, 0.2) is 5.16 Å². The van der Waals surface area contributed by atoms with E-state index in [9.17, 15) is 9.59 Å². The van der Waals surface area contributed by atoms with E-state index in [1.54, 1.807) is 6.07 Å². The Kier molecular flexibility index (Phi) is 4.78. The Hall–Kier alpha value is -2.12. The van der Waals surface area contributed by atoms with Gasteiger partial charge in [0.1, 0.15) is 4.83 Å². The topological polar surface area (TPSA) is 74.8 Å². The molecule has 0 atom stereocenters. The summed E-state index contributed by atoms with van der Waals surface area (Å²) in [6, 6.07) is 9.51. The molecule has 2 N–H and O–H groups in total. The van der Waals surface area contributed by atoms with Gasteiger partial charge < -0.3 is 10.3 Å². The van der Waals surface area contributed by atoms with E-state index < -0.39 is 0 Å². The minimum Gasteiger partial charge on any atom is -0.325 e. The van der Waals surface area contributed by atoms with E-state index in [0.29, 0.717) is 15.4 Å². The molecule has 3 aromatic rings. The number of anilines is 1. The Bertz CT molecular complexity index is 901. The lowest BCUT2D eigenvalue weighted by Crippen LogP contribution is -2.15. The third-order valence-electron chi connectivity index (χ3n) is 3.27. The maximum atomic E-state index is 12.0. The number of thioether (sulfide) groups is 1. The molecule has 23 heavy (non-hydrogen) atoms. The first-order chi connectivity index (χ1) is 11.2. The van der Waals surface area contributed by atoms with Crippen LogP contribution in [0.25, 0.3) is 10.2 Å². The lowest BCUT2D eigenvalue weighted by molar-refractivity contribution is -0.113. The van der Waals surface area contributed by atoms with Gasteiger partial charge in [0.2, 0.25) is 5.91 Å². The van der Waals surface area contributed by atoms with Crippen molar-refractivity contribution >= 4 is 44.9 Å². The van der Waals surface area contributed by atoms with E-state index >= 15 is 0 Å². The molecule has 2 aromatic heterocycles. The van der Waals surface area contributed by atoms with Crippen molar-refractivity contribution < 1.29 is 4.79 Å². The lowest BCUT2D eigenvalue weighted by atomic mass is 10.1. The van der Waals surface area contributed by atoms with E-state index in [2.05, 4.69) is 22.2 Å². The Morgan fingerprint density at radius 3 is 3.09 bits per heavy atom. The van der Waals surface area contributed by atoms with Gasteiger partial charge in [-0.1, -0.05) is 30.8 Å². The highest BCUT2D eigenvalue weighted by Gasteiger charge is 2.08. The van der Waals surface area contributed by atoms with Crippen LogP contribution in [0, 0.1) is 0 Å². The first kappa shape index (κ1) is 15.8. The maximum Gasteiger partial charge on any atom is 0.260 e. The van der Waals surface area contributed by atoms with Crippen LogP contribution in [0.5, 0.6) is 0 Å². The smallest absolute Gasteiger partial charge is 0.260 e. The molecule has 0 aliphatic carbocycles. The summed E-state index contributed by atoms with van der Waals surface area (Å²) >= 11 is 2.63. The van der Waals surface area contributed by atoms with Gasteiger partial charge in [-0.25, -0.2) is 4.98 Å². The summed E-state index contributed by atoms with van der Waals surface area (Å²) in [5.74, 6) is 0.0630. The lowest BCUT2D eigenvalue weighted by Gasteiger charge is -2.06.